The van der Waals surface area contributed by atoms with Crippen LogP contribution in [0.1, 0.15) is 26.7 Å². The molecule has 5 rings (SSSR count). The smallest absolute Gasteiger partial charge is 0.333 e. The van der Waals surface area contributed by atoms with Gasteiger partial charge in [0.1, 0.15) is 30.3 Å². The van der Waals surface area contributed by atoms with Crippen LogP contribution >= 0.6 is 0 Å². The molecule has 4 amide bonds. The molecule has 10 nitrogen and oxygen atoms in total. The molecule has 1 aromatic heterocycles. The highest BCUT2D eigenvalue weighted by Crippen LogP contribution is 2.39. The number of primary amides is 1. The lowest BCUT2D eigenvalue weighted by Gasteiger charge is -2.25. The first-order valence-electron chi connectivity index (χ1n) is 12.0. The zero-order valence-corrected chi connectivity index (χ0v) is 20.1. The Labute approximate surface area is 206 Å². The van der Waals surface area contributed by atoms with Crippen molar-refractivity contribution in [3.8, 4) is 17.1 Å². The average Bonchev–Trinajstić information content (AvgIpc) is 3.49. The maximum Gasteiger partial charge on any atom is 0.333 e. The second-order valence-electron chi connectivity index (χ2n) is 9.58. The molecule has 2 fully saturated rings. The number of carbonyl (C=O) groups excluding carboxylic acids is 3. The summed E-state index contributed by atoms with van der Waals surface area (Å²) >= 11 is 0. The minimum Gasteiger partial charge on any atom is -0.491 e. The van der Waals surface area contributed by atoms with Gasteiger partial charge in [-0.15, -0.1) is 0 Å². The highest BCUT2D eigenvalue weighted by Gasteiger charge is 2.49. The highest BCUT2D eigenvalue weighted by molar-refractivity contribution is 6.14. The van der Waals surface area contributed by atoms with Crippen molar-refractivity contribution < 1.29 is 27.9 Å². The highest BCUT2D eigenvalue weighted by atomic mass is 19.3. The van der Waals surface area contributed by atoms with E-state index in [0.717, 1.165) is 12.1 Å². The van der Waals surface area contributed by atoms with Gasteiger partial charge in [0.15, 0.2) is 5.82 Å². The van der Waals surface area contributed by atoms with Gasteiger partial charge < -0.3 is 19.9 Å². The van der Waals surface area contributed by atoms with E-state index in [4.69, 9.17) is 10.5 Å². The number of rotatable bonds is 6. The van der Waals surface area contributed by atoms with Gasteiger partial charge in [-0.3, -0.25) is 19.4 Å². The minimum absolute atomic E-state index is 0.226. The van der Waals surface area contributed by atoms with Gasteiger partial charge in [0.2, 0.25) is 5.91 Å². The van der Waals surface area contributed by atoms with Crippen LogP contribution in [0.2, 0.25) is 0 Å². The fourth-order valence-corrected chi connectivity index (χ4v) is 5.27. The lowest BCUT2D eigenvalue weighted by Crippen LogP contribution is -2.40. The summed E-state index contributed by atoms with van der Waals surface area (Å²) in [5, 5.41) is 0. The Bertz CT molecular complexity index is 1220. The molecular formula is C24H28F2N6O4. The third kappa shape index (κ3) is 3.94. The van der Waals surface area contributed by atoms with E-state index in [1.807, 2.05) is 27.7 Å². The summed E-state index contributed by atoms with van der Waals surface area (Å²) in [7, 11) is 0. The van der Waals surface area contributed by atoms with Gasteiger partial charge in [-0.05, 0) is 30.9 Å². The fraction of sp³-hybridized carbons (Fsp3) is 0.500. The molecular weight excluding hydrogens is 474 g/mol. The van der Waals surface area contributed by atoms with Gasteiger partial charge in [-0.1, -0.05) is 13.8 Å². The molecule has 2 N–H and O–H groups in total. The summed E-state index contributed by atoms with van der Waals surface area (Å²) in [4.78, 5) is 46.2. The van der Waals surface area contributed by atoms with Gasteiger partial charge in [-0.2, -0.15) is 0 Å². The lowest BCUT2D eigenvalue weighted by molar-refractivity contribution is -0.129. The van der Waals surface area contributed by atoms with Crippen molar-refractivity contribution in [2.75, 3.05) is 29.5 Å². The number of nitrogens with two attached hydrogens (primary N) is 1. The van der Waals surface area contributed by atoms with Crippen LogP contribution in [0.25, 0.3) is 11.4 Å². The van der Waals surface area contributed by atoms with E-state index in [9.17, 15) is 23.2 Å². The van der Waals surface area contributed by atoms with E-state index < -0.39 is 31.0 Å². The largest absolute Gasteiger partial charge is 0.491 e. The third-order valence-corrected chi connectivity index (χ3v) is 6.91. The topological polar surface area (TPSA) is 114 Å². The van der Waals surface area contributed by atoms with Crippen LogP contribution in [0, 0.1) is 5.92 Å². The van der Waals surface area contributed by atoms with E-state index in [2.05, 4.69) is 4.98 Å². The number of carbonyl (C=O) groups is 3. The Balaban J connectivity index is 1.51. The molecule has 4 heterocycles. The molecule has 2 aromatic rings. The number of fused-ring (bicyclic) bond motifs is 3. The number of anilines is 2. The SMILES string of the molecule is CC(C)C1C(=O)N(CC(F)F)C(=O)N1c1cn2c(n1)-c1ccc(N3CCC[C@H]3C(N)=O)cc1OCC2. The number of amides is 4. The number of hydrogen-bond donors (Lipinski definition) is 1. The molecule has 0 aliphatic carbocycles. The molecule has 3 aliphatic rings. The van der Waals surface area contributed by atoms with Crippen molar-refractivity contribution in [2.24, 2.45) is 11.7 Å². The predicted molar refractivity (Wildman–Crippen MR) is 127 cm³/mol. The van der Waals surface area contributed by atoms with Crippen LogP contribution in [0.15, 0.2) is 24.4 Å². The number of benzene rings is 1. The number of urea groups is 1. The number of hydrogen-bond acceptors (Lipinski definition) is 6. The first kappa shape index (κ1) is 24.0. The Morgan fingerprint density at radius 3 is 2.72 bits per heavy atom. The summed E-state index contributed by atoms with van der Waals surface area (Å²) in [5.41, 5.74) is 7.08. The Morgan fingerprint density at radius 1 is 1.25 bits per heavy atom. The molecule has 0 spiro atoms. The molecule has 12 heteroatoms. The monoisotopic (exact) mass is 502 g/mol. The zero-order chi connectivity index (χ0) is 25.7. The number of nitrogens with zero attached hydrogens (tertiary/aromatic N) is 5. The molecule has 2 saturated heterocycles. The van der Waals surface area contributed by atoms with Crippen molar-refractivity contribution >= 4 is 29.4 Å². The Kier molecular flexibility index (Phi) is 6.05. The van der Waals surface area contributed by atoms with E-state index in [0.29, 0.717) is 48.2 Å². The van der Waals surface area contributed by atoms with Crippen molar-refractivity contribution in [1.29, 1.82) is 0 Å². The maximum absolute atomic E-state index is 13.1. The molecule has 3 aliphatic heterocycles. The second kappa shape index (κ2) is 9.07. The Morgan fingerprint density at radius 2 is 2.03 bits per heavy atom. The minimum atomic E-state index is -2.83. The molecule has 0 saturated carbocycles. The molecule has 0 bridgehead atoms. The van der Waals surface area contributed by atoms with Crippen molar-refractivity contribution in [2.45, 2.75) is 51.7 Å². The summed E-state index contributed by atoms with van der Waals surface area (Å²) in [6.45, 7) is 4.05. The number of imide groups is 1. The third-order valence-electron chi connectivity index (χ3n) is 6.91. The second-order valence-corrected chi connectivity index (χ2v) is 9.58. The zero-order valence-electron chi connectivity index (χ0n) is 20.1. The molecule has 2 atom stereocenters. The standard InChI is InChI=1S/C24H28F2N6O4/c1-13(2)20-23(34)31(11-18(25)26)24(35)32(20)19-12-29-8-9-36-17-10-14(5-6-15(17)22(29)28-19)30-7-3-4-16(30)21(27)33/h5-6,10,12-13,16,18,20H,3-4,7-9,11H2,1-2H3,(H2,27,33)/t16-,20?/m0/s1. The van der Waals surface area contributed by atoms with Crippen LogP contribution in [0.5, 0.6) is 5.75 Å². The molecule has 36 heavy (non-hydrogen) atoms. The van der Waals surface area contributed by atoms with Gasteiger partial charge >= 0.3 is 6.03 Å². The molecule has 1 aromatic carbocycles. The summed E-state index contributed by atoms with van der Waals surface area (Å²) in [6.07, 6.45) is 0.384. The number of aromatic nitrogens is 2. The average molecular weight is 503 g/mol. The predicted octanol–water partition coefficient (Wildman–Crippen LogP) is 2.45. The number of alkyl halides is 2. The van der Waals surface area contributed by atoms with Gasteiger partial charge in [0, 0.05) is 24.5 Å². The van der Waals surface area contributed by atoms with E-state index in [-0.39, 0.29) is 23.7 Å². The number of imidazole rings is 1. The van der Waals surface area contributed by atoms with E-state index >= 15 is 0 Å². The molecule has 1 unspecified atom stereocenters. The fourth-order valence-electron chi connectivity index (χ4n) is 5.27. The van der Waals surface area contributed by atoms with Crippen LogP contribution in [0.3, 0.4) is 0 Å². The van der Waals surface area contributed by atoms with Crippen LogP contribution in [0.4, 0.5) is 25.1 Å². The van der Waals surface area contributed by atoms with Crippen molar-refractivity contribution in [3.05, 3.63) is 24.4 Å². The Hall–Kier alpha value is -3.70. The number of ether oxygens (including phenoxy) is 1. The molecule has 0 radical (unpaired) electrons. The maximum atomic E-state index is 13.1. The van der Waals surface area contributed by atoms with Gasteiger partial charge in [0.25, 0.3) is 12.3 Å². The first-order chi connectivity index (χ1) is 17.2. The van der Waals surface area contributed by atoms with Gasteiger partial charge in [-0.25, -0.2) is 18.6 Å². The van der Waals surface area contributed by atoms with Crippen LogP contribution in [-0.4, -0.2) is 70.5 Å². The van der Waals surface area contributed by atoms with Crippen LogP contribution in [-0.2, 0) is 16.1 Å². The lowest BCUT2D eigenvalue weighted by atomic mass is 10.0. The van der Waals surface area contributed by atoms with E-state index in [1.54, 1.807) is 20.0 Å². The summed E-state index contributed by atoms with van der Waals surface area (Å²) in [5.74, 6) is 0.0103. The summed E-state index contributed by atoms with van der Waals surface area (Å²) < 4.78 is 34.0. The first-order valence-corrected chi connectivity index (χ1v) is 12.0. The molecule has 192 valence electrons. The van der Waals surface area contributed by atoms with Gasteiger partial charge in [0.05, 0.1) is 18.7 Å². The normalized spacial score (nSPS) is 21.8. The van der Waals surface area contributed by atoms with Crippen molar-refractivity contribution in [1.82, 2.24) is 14.5 Å². The van der Waals surface area contributed by atoms with Crippen molar-refractivity contribution in [3.63, 3.8) is 0 Å². The number of halogens is 2. The van der Waals surface area contributed by atoms with E-state index in [1.165, 1.54) is 4.90 Å². The quantitative estimate of drug-likeness (QED) is 0.607. The summed E-state index contributed by atoms with van der Waals surface area (Å²) in [6, 6.07) is 3.48. The van der Waals surface area contributed by atoms with Crippen LogP contribution < -0.4 is 20.3 Å².